The third-order valence-electron chi connectivity index (χ3n) is 9.72. The van der Waals surface area contributed by atoms with E-state index in [2.05, 4.69) is 38.6 Å². The summed E-state index contributed by atoms with van der Waals surface area (Å²) in [7, 11) is 0. The van der Waals surface area contributed by atoms with Gasteiger partial charge < -0.3 is 25.8 Å². The molecule has 0 spiro atoms. The van der Waals surface area contributed by atoms with Crippen molar-refractivity contribution >= 4 is 65.0 Å². The van der Waals surface area contributed by atoms with Gasteiger partial charge >= 0.3 is 0 Å². The Labute approximate surface area is 338 Å². The summed E-state index contributed by atoms with van der Waals surface area (Å²) >= 11 is 9.28. The number of anilines is 2. The summed E-state index contributed by atoms with van der Waals surface area (Å²) in [6.45, 7) is 6.88. The average Bonchev–Trinajstić information content (AvgIpc) is 3.81. The van der Waals surface area contributed by atoms with Crippen molar-refractivity contribution in [3.63, 3.8) is 0 Å². The van der Waals surface area contributed by atoms with Crippen molar-refractivity contribution in [1.82, 2.24) is 19.9 Å². The zero-order chi connectivity index (χ0) is 38.2. The van der Waals surface area contributed by atoms with Crippen LogP contribution in [0.3, 0.4) is 0 Å². The number of ether oxygens (including phenoxy) is 2. The molecule has 2 aromatic carbocycles. The Morgan fingerprint density at radius 1 is 0.655 bits per heavy atom. The molecule has 8 rings (SSSR count). The van der Waals surface area contributed by atoms with Crippen LogP contribution < -0.4 is 25.8 Å². The smallest absolute Gasteiger partial charge is 0.183 e. The Kier molecular flexibility index (Phi) is 15.7. The standard InChI is InChI=1S/C22H27N3OS.C19H20ClN3OS.C2H7N/c1-2-6-17-13-19(11-12-23-17)26-18-9-10-20-21(14-18)27-22(25-20)24-15-16-7-4-3-5-8-16;20-18-11-15(8-9-21-18)24-14-6-7-16-17(10-14)25-19(23-16)22-12-13-4-2-1-3-5-13;1-2-3/h9-14,16H,2-8,15H2,1H3,(H,24,25);6-11,13H,1-5,12H2,(H,22,23);2-3H2,1H3. The van der Waals surface area contributed by atoms with E-state index in [9.17, 15) is 0 Å². The fraction of sp³-hybridized carbons (Fsp3) is 0.442. The van der Waals surface area contributed by atoms with E-state index in [1.54, 1.807) is 41.0 Å². The van der Waals surface area contributed by atoms with Crippen LogP contribution in [0.4, 0.5) is 10.3 Å². The number of nitrogens with zero attached hydrogens (tertiary/aromatic N) is 4. The quantitative estimate of drug-likeness (QED) is 0.104. The number of thiazole rings is 2. The van der Waals surface area contributed by atoms with E-state index in [0.29, 0.717) is 10.9 Å². The molecule has 2 fully saturated rings. The highest BCUT2D eigenvalue weighted by molar-refractivity contribution is 7.22. The number of hydrogen-bond donors (Lipinski definition) is 3. The number of nitrogens with one attached hydrogen (secondary N) is 2. The molecule has 2 aliphatic carbocycles. The average molecular weight is 801 g/mol. The summed E-state index contributed by atoms with van der Waals surface area (Å²) in [5.74, 6) is 4.73. The van der Waals surface area contributed by atoms with Crippen LogP contribution in [0.5, 0.6) is 23.0 Å². The lowest BCUT2D eigenvalue weighted by Crippen LogP contribution is -2.16. The number of fused-ring (bicyclic) bond motifs is 2. The topological polar surface area (TPSA) is 120 Å². The Hall–Kier alpha value is -4.03. The van der Waals surface area contributed by atoms with Gasteiger partial charge in [-0.05, 0) is 86.9 Å². The molecule has 6 aromatic rings. The van der Waals surface area contributed by atoms with Gasteiger partial charge in [0, 0.05) is 55.4 Å². The molecule has 9 nitrogen and oxygen atoms in total. The van der Waals surface area contributed by atoms with E-state index in [0.717, 1.165) is 98.0 Å². The number of nitrogens with two attached hydrogens (primary N) is 1. The van der Waals surface area contributed by atoms with Gasteiger partial charge in [0.25, 0.3) is 0 Å². The number of aryl methyl sites for hydroxylation is 1. The fourth-order valence-electron chi connectivity index (χ4n) is 6.97. The van der Waals surface area contributed by atoms with Gasteiger partial charge in [0.15, 0.2) is 10.3 Å². The Bertz CT molecular complexity index is 2060. The second kappa shape index (κ2) is 21.3. The van der Waals surface area contributed by atoms with Crippen LogP contribution in [0, 0.1) is 11.8 Å². The van der Waals surface area contributed by atoms with Crippen LogP contribution in [-0.4, -0.2) is 39.6 Å². The maximum Gasteiger partial charge on any atom is 0.183 e. The van der Waals surface area contributed by atoms with Gasteiger partial charge in [-0.15, -0.1) is 0 Å². The van der Waals surface area contributed by atoms with Crippen LogP contribution in [0.25, 0.3) is 20.4 Å². The molecule has 4 heterocycles. The number of aromatic nitrogens is 4. The molecule has 4 N–H and O–H groups in total. The fourth-order valence-corrected chi connectivity index (χ4v) is 8.93. The zero-order valence-electron chi connectivity index (χ0n) is 32.1. The summed E-state index contributed by atoms with van der Waals surface area (Å²) in [5, 5.41) is 9.50. The van der Waals surface area contributed by atoms with Gasteiger partial charge in [0.2, 0.25) is 0 Å². The highest BCUT2D eigenvalue weighted by Gasteiger charge is 2.16. The minimum Gasteiger partial charge on any atom is -0.457 e. The molecule has 4 aromatic heterocycles. The third kappa shape index (κ3) is 12.7. The Morgan fingerprint density at radius 3 is 1.62 bits per heavy atom. The van der Waals surface area contributed by atoms with Crippen LogP contribution in [0.1, 0.15) is 90.2 Å². The van der Waals surface area contributed by atoms with Gasteiger partial charge in [-0.3, -0.25) is 4.98 Å². The maximum absolute atomic E-state index is 6.06. The van der Waals surface area contributed by atoms with Crippen LogP contribution in [0.2, 0.25) is 5.15 Å². The molecule has 292 valence electrons. The summed E-state index contributed by atoms with van der Waals surface area (Å²) < 4.78 is 14.2. The highest BCUT2D eigenvalue weighted by Crippen LogP contribution is 2.34. The Morgan fingerprint density at radius 2 is 1.13 bits per heavy atom. The van der Waals surface area contributed by atoms with E-state index in [-0.39, 0.29) is 0 Å². The van der Waals surface area contributed by atoms with Gasteiger partial charge in [0.1, 0.15) is 28.2 Å². The lowest BCUT2D eigenvalue weighted by molar-refractivity contribution is 0.373. The lowest BCUT2D eigenvalue weighted by atomic mass is 9.89. The second-order valence-electron chi connectivity index (χ2n) is 14.2. The molecule has 0 aliphatic heterocycles. The molecule has 0 radical (unpaired) electrons. The molecule has 2 aliphatic rings. The third-order valence-corrected chi connectivity index (χ3v) is 11.9. The maximum atomic E-state index is 6.06. The normalized spacial score (nSPS) is 14.8. The predicted octanol–water partition coefficient (Wildman–Crippen LogP) is 12.5. The first kappa shape index (κ1) is 40.6. The predicted molar refractivity (Wildman–Crippen MR) is 232 cm³/mol. The van der Waals surface area contributed by atoms with Gasteiger partial charge in [-0.2, -0.15) is 0 Å². The largest absolute Gasteiger partial charge is 0.457 e. The molecule has 12 heteroatoms. The van der Waals surface area contributed by atoms with Gasteiger partial charge in [0.05, 0.1) is 20.4 Å². The monoisotopic (exact) mass is 799 g/mol. The van der Waals surface area contributed by atoms with E-state index >= 15 is 0 Å². The Balaban J connectivity index is 0.000000175. The van der Waals surface area contributed by atoms with Crippen molar-refractivity contribution < 1.29 is 9.47 Å². The van der Waals surface area contributed by atoms with Crippen molar-refractivity contribution in [3.8, 4) is 23.0 Å². The first-order chi connectivity index (χ1) is 27.0. The number of benzene rings is 2. The van der Waals surface area contributed by atoms with Crippen LogP contribution in [0.15, 0.2) is 73.1 Å². The van der Waals surface area contributed by atoms with Crippen molar-refractivity contribution in [1.29, 1.82) is 0 Å². The minimum absolute atomic E-state index is 0.422. The van der Waals surface area contributed by atoms with Crippen molar-refractivity contribution in [2.75, 3.05) is 30.3 Å². The van der Waals surface area contributed by atoms with E-state index in [4.69, 9.17) is 31.8 Å². The van der Waals surface area contributed by atoms with E-state index < -0.39 is 0 Å². The SMILES string of the molecule is CCCc1cc(Oc2ccc3nc(NCC4CCCCC4)sc3c2)ccn1.CCN.Clc1cc(Oc2ccc3nc(NCC4CCCCC4)sc3c2)ccn1. The van der Waals surface area contributed by atoms with E-state index in [1.165, 1.54) is 64.2 Å². The highest BCUT2D eigenvalue weighted by atomic mass is 35.5. The number of halogens is 1. The first-order valence-corrected chi connectivity index (χ1v) is 21.9. The molecular formula is C43H54ClN7O2S2. The zero-order valence-corrected chi connectivity index (χ0v) is 34.5. The number of rotatable bonds is 12. The molecule has 0 amide bonds. The molecule has 0 saturated heterocycles. The summed E-state index contributed by atoms with van der Waals surface area (Å²) in [6.07, 6.45) is 19.2. The summed E-state index contributed by atoms with van der Waals surface area (Å²) in [5.41, 5.74) is 7.94. The molecule has 55 heavy (non-hydrogen) atoms. The lowest BCUT2D eigenvalue weighted by Gasteiger charge is -2.21. The van der Waals surface area contributed by atoms with E-state index in [1.807, 2.05) is 55.6 Å². The molecule has 2 saturated carbocycles. The molecule has 0 bridgehead atoms. The van der Waals surface area contributed by atoms with Crippen LogP contribution >= 0.6 is 34.3 Å². The molecular weight excluding hydrogens is 746 g/mol. The van der Waals surface area contributed by atoms with Crippen molar-refractivity contribution in [2.45, 2.75) is 90.9 Å². The number of hydrogen-bond acceptors (Lipinski definition) is 11. The van der Waals surface area contributed by atoms with Crippen molar-refractivity contribution in [2.24, 2.45) is 17.6 Å². The molecule has 0 unspecified atom stereocenters. The van der Waals surface area contributed by atoms with Crippen LogP contribution in [-0.2, 0) is 6.42 Å². The van der Waals surface area contributed by atoms with Gasteiger partial charge in [-0.25, -0.2) is 15.0 Å². The molecule has 0 atom stereocenters. The summed E-state index contributed by atoms with van der Waals surface area (Å²) in [6, 6.07) is 19.5. The van der Waals surface area contributed by atoms with Crippen molar-refractivity contribution in [3.05, 3.63) is 83.9 Å². The number of pyridine rings is 2. The first-order valence-electron chi connectivity index (χ1n) is 19.9. The minimum atomic E-state index is 0.422. The summed E-state index contributed by atoms with van der Waals surface area (Å²) in [4.78, 5) is 17.8. The second-order valence-corrected chi connectivity index (χ2v) is 16.7. The van der Waals surface area contributed by atoms with Gasteiger partial charge in [-0.1, -0.05) is 93.1 Å².